The van der Waals surface area contributed by atoms with Gasteiger partial charge in [-0.25, -0.2) is 19.4 Å². The van der Waals surface area contributed by atoms with E-state index in [1.54, 1.807) is 0 Å². The number of ether oxygens (including phenoxy) is 2. The molecule has 3 aromatic carbocycles. The van der Waals surface area contributed by atoms with Crippen molar-refractivity contribution in [3.63, 3.8) is 0 Å². The first kappa shape index (κ1) is 32.7. The molecule has 236 valence electrons. The number of carboxylic acids is 1. The summed E-state index contributed by atoms with van der Waals surface area (Å²) in [5.41, 5.74) is 5.23. The zero-order valence-corrected chi connectivity index (χ0v) is 24.9. The summed E-state index contributed by atoms with van der Waals surface area (Å²) >= 11 is 0. The topological polar surface area (TPSA) is 144 Å². The van der Waals surface area contributed by atoms with Crippen LogP contribution in [0.1, 0.15) is 41.9 Å². The Morgan fingerprint density at radius 1 is 0.867 bits per heavy atom. The Balaban J connectivity index is 1.28. The second-order valence-corrected chi connectivity index (χ2v) is 10.4. The molecule has 1 atom stereocenters. The van der Waals surface area contributed by atoms with E-state index in [0.29, 0.717) is 12.8 Å². The predicted molar refractivity (Wildman–Crippen MR) is 166 cm³/mol. The van der Waals surface area contributed by atoms with Gasteiger partial charge in [-0.3, -0.25) is 9.63 Å². The third kappa shape index (κ3) is 9.41. The van der Waals surface area contributed by atoms with Gasteiger partial charge in [-0.05, 0) is 47.1 Å². The number of unbranched alkanes of at least 4 members (excludes halogenated alkanes) is 1. The summed E-state index contributed by atoms with van der Waals surface area (Å²) in [7, 11) is 0. The van der Waals surface area contributed by atoms with Crippen LogP contribution in [-0.2, 0) is 30.5 Å². The zero-order valence-electron chi connectivity index (χ0n) is 24.9. The summed E-state index contributed by atoms with van der Waals surface area (Å²) in [5, 5.41) is 15.4. The van der Waals surface area contributed by atoms with E-state index in [4.69, 9.17) is 14.3 Å². The number of hydroxylamine groups is 2. The molecule has 0 saturated heterocycles. The number of hydrogen-bond acceptors (Lipinski definition) is 7. The van der Waals surface area contributed by atoms with Crippen molar-refractivity contribution in [2.24, 2.45) is 0 Å². The van der Waals surface area contributed by atoms with Crippen LogP contribution in [0.4, 0.5) is 9.59 Å². The molecule has 3 N–H and O–H groups in total. The van der Waals surface area contributed by atoms with Crippen LogP contribution in [0.2, 0.25) is 0 Å². The van der Waals surface area contributed by atoms with Gasteiger partial charge in [0, 0.05) is 12.5 Å². The average molecular weight is 616 g/mol. The summed E-state index contributed by atoms with van der Waals surface area (Å²) in [4.78, 5) is 54.9. The van der Waals surface area contributed by atoms with Crippen LogP contribution in [-0.4, -0.2) is 66.6 Å². The molecule has 0 spiro atoms. The van der Waals surface area contributed by atoms with E-state index in [9.17, 15) is 24.3 Å². The SMILES string of the molecule is C=CCOC(=O)N[C@@H](CCCCN(OCc1ccccc1)C(=O)CNC(=O)OCC1c2ccccc2-c2ccccc21)C(=O)O. The molecule has 1 aliphatic carbocycles. The van der Waals surface area contributed by atoms with Crippen molar-refractivity contribution in [1.29, 1.82) is 0 Å². The molecular formula is C34H37N3O8. The van der Waals surface area contributed by atoms with Crippen molar-refractivity contribution >= 4 is 24.1 Å². The Morgan fingerprint density at radius 3 is 2.16 bits per heavy atom. The maximum atomic E-state index is 13.1. The Kier molecular flexibility index (Phi) is 12.1. The molecule has 0 bridgehead atoms. The van der Waals surface area contributed by atoms with E-state index in [1.807, 2.05) is 78.9 Å². The third-order valence-electron chi connectivity index (χ3n) is 7.26. The fourth-order valence-corrected chi connectivity index (χ4v) is 5.05. The lowest BCUT2D eigenvalue weighted by molar-refractivity contribution is -0.191. The fourth-order valence-electron chi connectivity index (χ4n) is 5.05. The molecule has 3 aromatic rings. The van der Waals surface area contributed by atoms with Crippen LogP contribution >= 0.6 is 0 Å². The van der Waals surface area contributed by atoms with E-state index in [0.717, 1.165) is 32.9 Å². The lowest BCUT2D eigenvalue weighted by Crippen LogP contribution is -2.42. The Morgan fingerprint density at radius 2 is 1.51 bits per heavy atom. The van der Waals surface area contributed by atoms with Crippen LogP contribution in [0.15, 0.2) is 91.5 Å². The zero-order chi connectivity index (χ0) is 32.0. The van der Waals surface area contributed by atoms with E-state index in [2.05, 4.69) is 17.2 Å². The number of rotatable bonds is 16. The highest BCUT2D eigenvalue weighted by molar-refractivity contribution is 5.82. The van der Waals surface area contributed by atoms with Gasteiger partial charge in [0.2, 0.25) is 0 Å². The van der Waals surface area contributed by atoms with Crippen molar-refractivity contribution in [3.8, 4) is 11.1 Å². The largest absolute Gasteiger partial charge is 0.480 e. The van der Waals surface area contributed by atoms with Crippen LogP contribution in [0.5, 0.6) is 0 Å². The number of carbonyl (C=O) groups excluding carboxylic acids is 3. The molecule has 11 nitrogen and oxygen atoms in total. The average Bonchev–Trinajstić information content (AvgIpc) is 3.38. The number of aliphatic carboxylic acids is 1. The van der Waals surface area contributed by atoms with E-state index >= 15 is 0 Å². The summed E-state index contributed by atoms with van der Waals surface area (Å²) in [5.74, 6) is -1.82. The molecule has 11 heteroatoms. The number of nitrogens with one attached hydrogen (secondary N) is 2. The maximum absolute atomic E-state index is 13.1. The Hall–Kier alpha value is -5.16. The molecular weight excluding hydrogens is 578 g/mol. The molecule has 0 aromatic heterocycles. The third-order valence-corrected chi connectivity index (χ3v) is 7.26. The number of carboxylic acid groups (broad SMARTS) is 1. The van der Waals surface area contributed by atoms with Crippen LogP contribution in [0, 0.1) is 0 Å². The highest BCUT2D eigenvalue weighted by atomic mass is 16.7. The predicted octanol–water partition coefficient (Wildman–Crippen LogP) is 5.02. The Labute approximate surface area is 261 Å². The van der Waals surface area contributed by atoms with Gasteiger partial charge in [-0.1, -0.05) is 91.5 Å². The molecule has 1 aliphatic rings. The normalized spacial score (nSPS) is 12.3. The molecule has 45 heavy (non-hydrogen) atoms. The quantitative estimate of drug-likeness (QED) is 0.116. The number of benzene rings is 3. The van der Waals surface area contributed by atoms with Gasteiger partial charge < -0.3 is 25.2 Å². The first-order chi connectivity index (χ1) is 21.9. The van der Waals surface area contributed by atoms with Gasteiger partial charge in [0.25, 0.3) is 5.91 Å². The van der Waals surface area contributed by atoms with Crippen LogP contribution in [0.3, 0.4) is 0 Å². The minimum absolute atomic E-state index is 0.0436. The van der Waals surface area contributed by atoms with E-state index in [-0.39, 0.29) is 45.2 Å². The van der Waals surface area contributed by atoms with Crippen molar-refractivity contribution in [1.82, 2.24) is 15.7 Å². The van der Waals surface area contributed by atoms with Gasteiger partial charge in [0.15, 0.2) is 0 Å². The molecule has 0 unspecified atom stereocenters. The summed E-state index contributed by atoms with van der Waals surface area (Å²) in [6.07, 6.45) is 0.627. The van der Waals surface area contributed by atoms with Gasteiger partial charge in [-0.15, -0.1) is 0 Å². The maximum Gasteiger partial charge on any atom is 0.408 e. The second kappa shape index (κ2) is 16.6. The number of amides is 3. The van der Waals surface area contributed by atoms with Crippen LogP contribution < -0.4 is 10.6 Å². The molecule has 0 radical (unpaired) electrons. The lowest BCUT2D eigenvalue weighted by atomic mass is 9.98. The van der Waals surface area contributed by atoms with Gasteiger partial charge in [-0.2, -0.15) is 0 Å². The second-order valence-electron chi connectivity index (χ2n) is 10.4. The number of fused-ring (bicyclic) bond motifs is 3. The molecule has 0 saturated carbocycles. The van der Waals surface area contributed by atoms with E-state index < -0.39 is 30.1 Å². The van der Waals surface area contributed by atoms with E-state index in [1.165, 1.54) is 6.08 Å². The minimum atomic E-state index is -1.20. The number of nitrogens with zero attached hydrogens (tertiary/aromatic N) is 1. The first-order valence-electron chi connectivity index (χ1n) is 14.7. The lowest BCUT2D eigenvalue weighted by Gasteiger charge is -2.23. The Bertz CT molecular complexity index is 1430. The summed E-state index contributed by atoms with van der Waals surface area (Å²) in [6.45, 7) is 3.40. The monoisotopic (exact) mass is 615 g/mol. The molecule has 0 fully saturated rings. The molecule has 0 heterocycles. The highest BCUT2D eigenvalue weighted by Gasteiger charge is 2.29. The van der Waals surface area contributed by atoms with Crippen molar-refractivity contribution < 1.29 is 38.6 Å². The molecule has 3 amide bonds. The molecule has 4 rings (SSSR count). The van der Waals surface area contributed by atoms with Crippen molar-refractivity contribution in [2.45, 2.75) is 37.8 Å². The van der Waals surface area contributed by atoms with Gasteiger partial charge in [0.1, 0.15) is 32.4 Å². The smallest absolute Gasteiger partial charge is 0.408 e. The summed E-state index contributed by atoms with van der Waals surface area (Å²) in [6, 6.07) is 24.1. The first-order valence-corrected chi connectivity index (χ1v) is 14.7. The van der Waals surface area contributed by atoms with Crippen LogP contribution in [0.25, 0.3) is 11.1 Å². The standard InChI is InChI=1S/C34H37N3O8/c1-2-20-43-34(42)36-30(32(39)40)18-10-11-19-37(45-22-24-12-4-3-5-13-24)31(38)21-35-33(41)44-23-29-27-16-8-6-14-25(27)26-15-7-9-17-28(26)29/h2-9,12-17,29-30H,1,10-11,18-23H2,(H,35,41)(H,36,42)(H,39,40)/t30-/m0/s1. The number of carbonyl (C=O) groups is 4. The summed E-state index contributed by atoms with van der Waals surface area (Å²) < 4.78 is 10.3. The van der Waals surface area contributed by atoms with Crippen molar-refractivity contribution in [2.75, 3.05) is 26.3 Å². The van der Waals surface area contributed by atoms with Gasteiger partial charge in [0.05, 0.1) is 0 Å². The molecule has 0 aliphatic heterocycles. The number of hydrogen-bond donors (Lipinski definition) is 3. The van der Waals surface area contributed by atoms with Gasteiger partial charge >= 0.3 is 18.2 Å². The highest BCUT2D eigenvalue weighted by Crippen LogP contribution is 2.44. The van der Waals surface area contributed by atoms with Crippen molar-refractivity contribution in [3.05, 3.63) is 108 Å². The fraction of sp³-hybridized carbons (Fsp3) is 0.294. The number of alkyl carbamates (subject to hydrolysis) is 2. The minimum Gasteiger partial charge on any atom is -0.480 e.